The van der Waals surface area contributed by atoms with Crippen LogP contribution >= 0.6 is 11.8 Å². The first-order chi connectivity index (χ1) is 14.4. The molecule has 5 nitrogen and oxygen atoms in total. The number of nitrogens with one attached hydrogen (secondary N) is 1. The van der Waals surface area contributed by atoms with E-state index in [-0.39, 0.29) is 28.1 Å². The van der Waals surface area contributed by atoms with E-state index in [1.54, 1.807) is 0 Å². The van der Waals surface area contributed by atoms with Crippen LogP contribution in [-0.2, 0) is 10.8 Å². The van der Waals surface area contributed by atoms with Gasteiger partial charge < -0.3 is 14.8 Å². The molecule has 2 N–H and O–H groups in total. The molecule has 1 heterocycles. The van der Waals surface area contributed by atoms with E-state index in [0.717, 1.165) is 27.9 Å². The van der Waals surface area contributed by atoms with Crippen molar-refractivity contribution in [3.05, 3.63) is 47.0 Å². The highest BCUT2D eigenvalue weighted by Gasteiger charge is 2.27. The summed E-state index contributed by atoms with van der Waals surface area (Å²) < 4.78 is 5.54. The predicted molar refractivity (Wildman–Crippen MR) is 128 cm³/mol. The molecule has 0 unspecified atom stereocenters. The molecule has 0 saturated carbocycles. The van der Waals surface area contributed by atoms with E-state index in [1.165, 1.54) is 11.8 Å². The SMILES string of the molecule is CCOc1ccc2nc(SCC(=O)c3cc(C(C)(C)C)c(O)c(C(C)(C)C)c3)[nH]c2c1. The first kappa shape index (κ1) is 23.2. The van der Waals surface area contributed by atoms with Gasteiger partial charge >= 0.3 is 0 Å². The third-order valence-corrected chi connectivity index (χ3v) is 6.00. The fourth-order valence-electron chi connectivity index (χ4n) is 3.45. The Bertz CT molecular complexity index is 1070. The predicted octanol–water partition coefficient (Wildman–Crippen LogP) is 6.24. The average molecular weight is 441 g/mol. The number of H-pyrrole nitrogens is 1. The van der Waals surface area contributed by atoms with Crippen LogP contribution in [0.4, 0.5) is 0 Å². The molecule has 0 aliphatic carbocycles. The largest absolute Gasteiger partial charge is 0.507 e. The molecule has 0 fully saturated rings. The number of hydrogen-bond donors (Lipinski definition) is 2. The Morgan fingerprint density at radius 3 is 2.23 bits per heavy atom. The lowest BCUT2D eigenvalue weighted by Crippen LogP contribution is -2.19. The number of carbonyl (C=O) groups excluding carboxylic acids is 1. The molecule has 3 rings (SSSR count). The van der Waals surface area contributed by atoms with Crippen molar-refractivity contribution in [1.82, 2.24) is 9.97 Å². The van der Waals surface area contributed by atoms with Crippen molar-refractivity contribution in [2.75, 3.05) is 12.4 Å². The molecule has 0 bridgehead atoms. The minimum atomic E-state index is -0.273. The standard InChI is InChI=1S/C25H32N2O3S/c1-8-30-16-9-10-19-20(13-16)27-23(26-19)31-14-21(28)15-11-17(24(2,3)4)22(29)18(12-15)25(5,6)7/h9-13,29H,8,14H2,1-7H3,(H,26,27). The van der Waals surface area contributed by atoms with Gasteiger partial charge in [0.05, 0.1) is 23.4 Å². The van der Waals surface area contributed by atoms with Gasteiger partial charge in [-0.05, 0) is 42.0 Å². The highest BCUT2D eigenvalue weighted by atomic mass is 32.2. The van der Waals surface area contributed by atoms with Gasteiger partial charge in [-0.1, -0.05) is 53.3 Å². The lowest BCUT2D eigenvalue weighted by Gasteiger charge is -2.28. The Balaban J connectivity index is 1.85. The fourth-order valence-corrected chi connectivity index (χ4v) is 4.23. The van der Waals surface area contributed by atoms with Gasteiger partial charge in [0.1, 0.15) is 11.5 Å². The molecule has 31 heavy (non-hydrogen) atoms. The molecule has 0 saturated heterocycles. The second kappa shape index (κ2) is 8.58. The zero-order valence-corrected chi connectivity index (χ0v) is 20.2. The highest BCUT2D eigenvalue weighted by Crippen LogP contribution is 2.40. The first-order valence-corrected chi connectivity index (χ1v) is 11.5. The number of fused-ring (bicyclic) bond motifs is 1. The van der Waals surface area contributed by atoms with Gasteiger partial charge in [0, 0.05) is 22.8 Å². The lowest BCUT2D eigenvalue weighted by molar-refractivity contribution is 0.102. The van der Waals surface area contributed by atoms with Gasteiger partial charge in [0.2, 0.25) is 0 Å². The van der Waals surface area contributed by atoms with E-state index in [0.29, 0.717) is 17.3 Å². The molecule has 3 aromatic rings. The minimum absolute atomic E-state index is 0.0106. The number of carbonyl (C=O) groups is 1. The van der Waals surface area contributed by atoms with E-state index < -0.39 is 0 Å². The van der Waals surface area contributed by atoms with Crippen molar-refractivity contribution in [3.8, 4) is 11.5 Å². The smallest absolute Gasteiger partial charge is 0.173 e. The summed E-state index contributed by atoms with van der Waals surface area (Å²) in [5.74, 6) is 1.35. The zero-order chi connectivity index (χ0) is 23.0. The zero-order valence-electron chi connectivity index (χ0n) is 19.4. The second-order valence-electron chi connectivity index (χ2n) is 9.79. The van der Waals surface area contributed by atoms with Crippen LogP contribution in [0.1, 0.15) is 70.0 Å². The third-order valence-electron chi connectivity index (χ3n) is 5.13. The molecular formula is C25H32N2O3S. The number of aromatic amines is 1. The second-order valence-corrected chi connectivity index (χ2v) is 10.7. The number of Topliss-reactive ketones (excluding diaryl/α,β-unsaturated/α-hetero) is 1. The van der Waals surface area contributed by atoms with E-state index in [9.17, 15) is 9.90 Å². The summed E-state index contributed by atoms with van der Waals surface area (Å²) in [5.41, 5.74) is 3.38. The number of ketones is 1. The summed E-state index contributed by atoms with van der Waals surface area (Å²) in [6, 6.07) is 9.39. The first-order valence-electron chi connectivity index (χ1n) is 10.6. The maximum absolute atomic E-state index is 13.1. The van der Waals surface area contributed by atoms with Crippen molar-refractivity contribution in [2.45, 2.75) is 64.5 Å². The summed E-state index contributed by atoms with van der Waals surface area (Å²) in [6.45, 7) is 14.8. The Labute approximate surface area is 188 Å². The van der Waals surface area contributed by atoms with Crippen molar-refractivity contribution in [2.24, 2.45) is 0 Å². The number of aromatic nitrogens is 2. The highest BCUT2D eigenvalue weighted by molar-refractivity contribution is 7.99. The maximum Gasteiger partial charge on any atom is 0.173 e. The third kappa shape index (κ3) is 5.24. The van der Waals surface area contributed by atoms with E-state index in [4.69, 9.17) is 4.74 Å². The molecule has 0 spiro atoms. The van der Waals surface area contributed by atoms with Crippen LogP contribution in [-0.4, -0.2) is 33.2 Å². The van der Waals surface area contributed by atoms with Crippen LogP contribution in [0.2, 0.25) is 0 Å². The number of benzene rings is 2. The topological polar surface area (TPSA) is 75.2 Å². The van der Waals surface area contributed by atoms with Crippen molar-refractivity contribution in [1.29, 1.82) is 0 Å². The van der Waals surface area contributed by atoms with Gasteiger partial charge in [0.15, 0.2) is 10.9 Å². The van der Waals surface area contributed by atoms with E-state index in [1.807, 2.05) is 78.8 Å². The van der Waals surface area contributed by atoms with Crippen LogP contribution in [0, 0.1) is 0 Å². The molecule has 0 aliphatic rings. The van der Waals surface area contributed by atoms with Gasteiger partial charge in [-0.15, -0.1) is 0 Å². The Morgan fingerprint density at radius 2 is 1.68 bits per heavy atom. The number of rotatable bonds is 6. The molecule has 0 atom stereocenters. The molecule has 1 aromatic heterocycles. The molecule has 0 radical (unpaired) electrons. The van der Waals surface area contributed by atoms with E-state index >= 15 is 0 Å². The number of hydrogen-bond acceptors (Lipinski definition) is 5. The Morgan fingerprint density at radius 1 is 1.06 bits per heavy atom. The lowest BCUT2D eigenvalue weighted by atomic mass is 9.78. The molecule has 166 valence electrons. The molecule has 2 aromatic carbocycles. The summed E-state index contributed by atoms with van der Waals surface area (Å²) >= 11 is 1.38. The maximum atomic E-state index is 13.1. The molecular weight excluding hydrogens is 408 g/mol. The van der Waals surface area contributed by atoms with Crippen LogP contribution in [0.5, 0.6) is 11.5 Å². The number of imidazole rings is 1. The van der Waals surface area contributed by atoms with Crippen molar-refractivity contribution < 1.29 is 14.6 Å². The number of nitrogens with zero attached hydrogens (tertiary/aromatic N) is 1. The number of ether oxygens (including phenoxy) is 1. The molecule has 6 heteroatoms. The van der Waals surface area contributed by atoms with E-state index in [2.05, 4.69) is 9.97 Å². The number of phenolic OH excluding ortho intramolecular Hbond substituents is 1. The number of phenols is 1. The van der Waals surface area contributed by atoms with Gasteiger partial charge in [0.25, 0.3) is 0 Å². The van der Waals surface area contributed by atoms with Gasteiger partial charge in [-0.25, -0.2) is 4.98 Å². The molecule has 0 amide bonds. The fraction of sp³-hybridized carbons (Fsp3) is 0.440. The summed E-state index contributed by atoms with van der Waals surface area (Å²) in [4.78, 5) is 20.9. The van der Waals surface area contributed by atoms with Crippen LogP contribution in [0.25, 0.3) is 11.0 Å². The minimum Gasteiger partial charge on any atom is -0.507 e. The van der Waals surface area contributed by atoms with Crippen molar-refractivity contribution in [3.63, 3.8) is 0 Å². The monoisotopic (exact) mass is 440 g/mol. The normalized spacial score (nSPS) is 12.4. The van der Waals surface area contributed by atoms with Gasteiger partial charge in [-0.2, -0.15) is 0 Å². The summed E-state index contributed by atoms with van der Waals surface area (Å²) in [5, 5.41) is 11.6. The number of aromatic hydroxyl groups is 1. The van der Waals surface area contributed by atoms with Gasteiger partial charge in [-0.3, -0.25) is 4.79 Å². The van der Waals surface area contributed by atoms with Crippen molar-refractivity contribution >= 4 is 28.6 Å². The quantitative estimate of drug-likeness (QED) is 0.351. The molecule has 0 aliphatic heterocycles. The average Bonchev–Trinajstić information content (AvgIpc) is 3.07. The summed E-state index contributed by atoms with van der Waals surface area (Å²) in [6.07, 6.45) is 0. The van der Waals surface area contributed by atoms with Crippen LogP contribution in [0.3, 0.4) is 0 Å². The van der Waals surface area contributed by atoms with Crippen LogP contribution < -0.4 is 4.74 Å². The number of thioether (sulfide) groups is 1. The summed E-state index contributed by atoms with van der Waals surface area (Å²) in [7, 11) is 0. The Hall–Kier alpha value is -2.47. The van der Waals surface area contributed by atoms with Crippen LogP contribution in [0.15, 0.2) is 35.5 Å². The Kier molecular flexibility index (Phi) is 6.42.